The Morgan fingerprint density at radius 3 is 2.62 bits per heavy atom. The zero-order valence-electron chi connectivity index (χ0n) is 12.7. The molecule has 2 fully saturated rings. The van der Waals surface area contributed by atoms with Crippen molar-refractivity contribution in [3.63, 3.8) is 0 Å². The van der Waals surface area contributed by atoms with Gasteiger partial charge < -0.3 is 10.0 Å². The van der Waals surface area contributed by atoms with Gasteiger partial charge in [-0.3, -0.25) is 4.79 Å². The molecule has 2 heterocycles. The first-order chi connectivity index (χ1) is 9.93. The van der Waals surface area contributed by atoms with E-state index in [0.29, 0.717) is 19.5 Å². The van der Waals surface area contributed by atoms with Crippen molar-refractivity contribution in [3.05, 3.63) is 0 Å². The standard InChI is InChI=1S/C14H26N2O4S/c1-21(19,20)15-8-4-5-12(11-15)14(18)16-9-3-2-6-13(16)7-10-17/h12-13,17H,2-11H2,1H3. The maximum absolute atomic E-state index is 12.7. The first-order valence-corrected chi connectivity index (χ1v) is 9.64. The maximum atomic E-state index is 12.7. The second-order valence-electron chi connectivity index (χ2n) is 6.15. The molecule has 2 rings (SSSR count). The van der Waals surface area contributed by atoms with Crippen molar-refractivity contribution >= 4 is 15.9 Å². The Kier molecular flexibility index (Phi) is 5.62. The van der Waals surface area contributed by atoms with E-state index in [-0.39, 0.29) is 24.5 Å². The number of nitrogens with zero attached hydrogens (tertiary/aromatic N) is 2. The van der Waals surface area contributed by atoms with Crippen molar-refractivity contribution in [2.45, 2.75) is 44.6 Å². The summed E-state index contributed by atoms with van der Waals surface area (Å²) in [4.78, 5) is 14.6. The fourth-order valence-electron chi connectivity index (χ4n) is 3.42. The van der Waals surface area contributed by atoms with E-state index in [1.54, 1.807) is 0 Å². The monoisotopic (exact) mass is 318 g/mol. The molecule has 0 aromatic heterocycles. The van der Waals surface area contributed by atoms with E-state index < -0.39 is 10.0 Å². The highest BCUT2D eigenvalue weighted by Gasteiger charge is 2.35. The van der Waals surface area contributed by atoms with Gasteiger partial charge in [0.1, 0.15) is 0 Å². The molecule has 0 radical (unpaired) electrons. The summed E-state index contributed by atoms with van der Waals surface area (Å²) in [6, 6.07) is 0.116. The summed E-state index contributed by atoms with van der Waals surface area (Å²) in [5.41, 5.74) is 0. The molecule has 0 aliphatic carbocycles. The zero-order valence-corrected chi connectivity index (χ0v) is 13.5. The van der Waals surface area contributed by atoms with Crippen molar-refractivity contribution in [2.75, 3.05) is 32.5 Å². The predicted octanol–water partition coefficient (Wildman–Crippen LogP) is 0.422. The number of sulfonamides is 1. The number of hydrogen-bond acceptors (Lipinski definition) is 4. The van der Waals surface area contributed by atoms with Crippen molar-refractivity contribution in [1.29, 1.82) is 0 Å². The summed E-state index contributed by atoms with van der Waals surface area (Å²) >= 11 is 0. The van der Waals surface area contributed by atoms with E-state index in [4.69, 9.17) is 5.11 Å². The van der Waals surface area contributed by atoms with Crippen LogP contribution in [-0.4, -0.2) is 67.2 Å². The van der Waals surface area contributed by atoms with E-state index in [2.05, 4.69) is 0 Å². The van der Waals surface area contributed by atoms with Gasteiger partial charge in [0.05, 0.1) is 12.2 Å². The third-order valence-electron chi connectivity index (χ3n) is 4.57. The van der Waals surface area contributed by atoms with Crippen molar-refractivity contribution in [3.8, 4) is 0 Å². The van der Waals surface area contributed by atoms with Crippen molar-refractivity contribution < 1.29 is 18.3 Å². The van der Waals surface area contributed by atoms with Gasteiger partial charge in [-0.25, -0.2) is 12.7 Å². The van der Waals surface area contributed by atoms with E-state index >= 15 is 0 Å². The highest BCUT2D eigenvalue weighted by Crippen LogP contribution is 2.26. The summed E-state index contributed by atoms with van der Waals surface area (Å²) in [7, 11) is -3.22. The van der Waals surface area contributed by atoms with Crippen LogP contribution in [0.3, 0.4) is 0 Å². The zero-order chi connectivity index (χ0) is 15.5. The largest absolute Gasteiger partial charge is 0.396 e. The van der Waals surface area contributed by atoms with E-state index in [1.807, 2.05) is 4.90 Å². The van der Waals surface area contributed by atoms with Gasteiger partial charge in [0.25, 0.3) is 0 Å². The molecule has 2 atom stereocenters. The molecule has 122 valence electrons. The molecular formula is C14H26N2O4S. The molecular weight excluding hydrogens is 292 g/mol. The van der Waals surface area contributed by atoms with Crippen LogP contribution in [0, 0.1) is 5.92 Å². The van der Waals surface area contributed by atoms with E-state index in [0.717, 1.165) is 38.6 Å². The number of likely N-dealkylation sites (tertiary alicyclic amines) is 1. The summed E-state index contributed by atoms with van der Waals surface area (Å²) in [6.07, 6.45) is 6.35. The lowest BCUT2D eigenvalue weighted by Crippen LogP contribution is -2.51. The van der Waals surface area contributed by atoms with E-state index in [1.165, 1.54) is 10.6 Å². The Hall–Kier alpha value is -0.660. The lowest BCUT2D eigenvalue weighted by Gasteiger charge is -2.40. The second kappa shape index (κ2) is 7.07. The van der Waals surface area contributed by atoms with Crippen molar-refractivity contribution in [2.24, 2.45) is 5.92 Å². The summed E-state index contributed by atoms with van der Waals surface area (Å²) in [6.45, 7) is 1.65. The van der Waals surface area contributed by atoms with Gasteiger partial charge >= 0.3 is 0 Å². The minimum atomic E-state index is -3.22. The molecule has 0 spiro atoms. The normalized spacial score (nSPS) is 28.6. The summed E-state index contributed by atoms with van der Waals surface area (Å²) in [5.74, 6) is -0.158. The third-order valence-corrected chi connectivity index (χ3v) is 5.84. The highest BCUT2D eigenvalue weighted by molar-refractivity contribution is 7.88. The number of hydrogen-bond donors (Lipinski definition) is 1. The molecule has 0 aromatic rings. The second-order valence-corrected chi connectivity index (χ2v) is 8.14. The van der Waals surface area contributed by atoms with Gasteiger partial charge in [-0.05, 0) is 38.5 Å². The molecule has 6 nitrogen and oxygen atoms in total. The first kappa shape index (κ1) is 16.7. The Balaban J connectivity index is 2.04. The maximum Gasteiger partial charge on any atom is 0.227 e. The van der Waals surface area contributed by atoms with Crippen LogP contribution in [0.5, 0.6) is 0 Å². The Morgan fingerprint density at radius 2 is 1.95 bits per heavy atom. The van der Waals surface area contributed by atoms with Gasteiger partial charge in [0.2, 0.25) is 15.9 Å². The van der Waals surface area contributed by atoms with Gasteiger partial charge in [-0.2, -0.15) is 0 Å². The van der Waals surface area contributed by atoms with Crippen LogP contribution in [0.15, 0.2) is 0 Å². The van der Waals surface area contributed by atoms with Crippen LogP contribution in [-0.2, 0) is 14.8 Å². The SMILES string of the molecule is CS(=O)(=O)N1CCCC(C(=O)N2CCCCC2CCO)C1. The van der Waals surface area contributed by atoms with Crippen LogP contribution in [0.4, 0.5) is 0 Å². The van der Waals surface area contributed by atoms with Gasteiger partial charge in [-0.15, -0.1) is 0 Å². The first-order valence-electron chi connectivity index (χ1n) is 7.80. The Bertz CT molecular complexity index is 464. The quantitative estimate of drug-likeness (QED) is 0.815. The van der Waals surface area contributed by atoms with Gasteiger partial charge in [0.15, 0.2) is 0 Å². The van der Waals surface area contributed by atoms with Gasteiger partial charge in [0, 0.05) is 32.3 Å². The number of piperidine rings is 2. The molecule has 1 amide bonds. The Morgan fingerprint density at radius 1 is 1.19 bits per heavy atom. The highest BCUT2D eigenvalue weighted by atomic mass is 32.2. The molecule has 0 saturated carbocycles. The fourth-order valence-corrected chi connectivity index (χ4v) is 4.33. The smallest absolute Gasteiger partial charge is 0.227 e. The lowest BCUT2D eigenvalue weighted by atomic mass is 9.93. The predicted molar refractivity (Wildman–Crippen MR) is 80.2 cm³/mol. The van der Waals surface area contributed by atoms with E-state index in [9.17, 15) is 13.2 Å². The molecule has 2 unspecified atom stereocenters. The number of carbonyl (C=O) groups is 1. The summed E-state index contributed by atoms with van der Waals surface area (Å²) in [5, 5.41) is 9.15. The van der Waals surface area contributed by atoms with Crippen LogP contribution < -0.4 is 0 Å². The number of carbonyl (C=O) groups excluding carboxylic acids is 1. The molecule has 7 heteroatoms. The van der Waals surface area contributed by atoms with Crippen LogP contribution in [0.1, 0.15) is 38.5 Å². The van der Waals surface area contributed by atoms with Crippen LogP contribution in [0.2, 0.25) is 0 Å². The minimum Gasteiger partial charge on any atom is -0.396 e. The molecule has 2 saturated heterocycles. The average molecular weight is 318 g/mol. The summed E-state index contributed by atoms with van der Waals surface area (Å²) < 4.78 is 24.8. The van der Waals surface area contributed by atoms with Gasteiger partial charge in [-0.1, -0.05) is 0 Å². The molecule has 0 bridgehead atoms. The molecule has 21 heavy (non-hydrogen) atoms. The number of rotatable bonds is 4. The average Bonchev–Trinajstić information content (AvgIpc) is 2.47. The Labute approximate surface area is 127 Å². The number of amides is 1. The van der Waals surface area contributed by atoms with Crippen molar-refractivity contribution in [1.82, 2.24) is 9.21 Å². The lowest BCUT2D eigenvalue weighted by molar-refractivity contribution is -0.140. The molecule has 2 aliphatic rings. The molecule has 1 N–H and O–H groups in total. The van der Waals surface area contributed by atoms with Crippen LogP contribution >= 0.6 is 0 Å². The third kappa shape index (κ3) is 4.17. The fraction of sp³-hybridized carbons (Fsp3) is 0.929. The number of aliphatic hydroxyl groups excluding tert-OH is 1. The molecule has 2 aliphatic heterocycles. The van der Waals surface area contributed by atoms with Crippen LogP contribution in [0.25, 0.3) is 0 Å². The molecule has 0 aromatic carbocycles. The topological polar surface area (TPSA) is 77.9 Å². The minimum absolute atomic E-state index is 0.0708. The number of aliphatic hydroxyl groups is 1.